The molecular formula is C14H22Cl2N4O. The molecule has 1 aromatic rings. The summed E-state index contributed by atoms with van der Waals surface area (Å²) in [4.78, 5) is 20.2. The Morgan fingerprint density at radius 1 is 1.19 bits per heavy atom. The highest BCUT2D eigenvalue weighted by Gasteiger charge is 2.40. The van der Waals surface area contributed by atoms with E-state index in [1.54, 1.807) is 12.4 Å². The van der Waals surface area contributed by atoms with Crippen molar-refractivity contribution in [1.29, 1.82) is 0 Å². The van der Waals surface area contributed by atoms with Gasteiger partial charge >= 0.3 is 0 Å². The normalized spacial score (nSPS) is 30.5. The van der Waals surface area contributed by atoms with E-state index in [1.807, 2.05) is 0 Å². The predicted molar refractivity (Wildman–Crippen MR) is 85.8 cm³/mol. The molecule has 21 heavy (non-hydrogen) atoms. The van der Waals surface area contributed by atoms with Crippen LogP contribution in [0.5, 0.6) is 0 Å². The van der Waals surface area contributed by atoms with Gasteiger partial charge in [-0.25, -0.2) is 4.98 Å². The first-order chi connectivity index (χ1) is 9.24. The first-order valence-electron chi connectivity index (χ1n) is 7.06. The van der Waals surface area contributed by atoms with Crippen molar-refractivity contribution in [1.82, 2.24) is 15.3 Å². The van der Waals surface area contributed by atoms with E-state index in [0.29, 0.717) is 23.6 Å². The zero-order valence-corrected chi connectivity index (χ0v) is 13.4. The number of nitrogens with zero attached hydrogens (tertiary/aromatic N) is 2. The Balaban J connectivity index is 0.00000110. The van der Waals surface area contributed by atoms with E-state index in [9.17, 15) is 4.79 Å². The lowest BCUT2D eigenvalue weighted by molar-refractivity contribution is 0.0751. The van der Waals surface area contributed by atoms with E-state index in [-0.39, 0.29) is 36.8 Å². The number of amides is 1. The predicted octanol–water partition coefficient (Wildman–Crippen LogP) is 1.96. The van der Waals surface area contributed by atoms with Gasteiger partial charge in [0.15, 0.2) is 0 Å². The van der Waals surface area contributed by atoms with Crippen LogP contribution < -0.4 is 11.1 Å². The Hall–Kier alpha value is -0.910. The molecular weight excluding hydrogens is 311 g/mol. The van der Waals surface area contributed by atoms with Crippen LogP contribution in [0.3, 0.4) is 0 Å². The van der Waals surface area contributed by atoms with Gasteiger partial charge in [-0.2, -0.15) is 0 Å². The van der Waals surface area contributed by atoms with E-state index < -0.39 is 0 Å². The van der Waals surface area contributed by atoms with Crippen molar-refractivity contribution < 1.29 is 4.79 Å². The van der Waals surface area contributed by atoms with Gasteiger partial charge in [-0.3, -0.25) is 9.78 Å². The van der Waals surface area contributed by atoms with Crippen LogP contribution in [0.1, 0.15) is 42.6 Å². The number of aromatic nitrogens is 2. The molecule has 2 aliphatic carbocycles. The van der Waals surface area contributed by atoms with Gasteiger partial charge in [-0.1, -0.05) is 6.42 Å². The lowest BCUT2D eigenvalue weighted by Crippen LogP contribution is -2.53. The smallest absolute Gasteiger partial charge is 0.271 e. The second kappa shape index (κ2) is 7.92. The van der Waals surface area contributed by atoms with E-state index in [1.165, 1.54) is 25.5 Å². The van der Waals surface area contributed by atoms with Crippen LogP contribution >= 0.6 is 24.8 Å². The van der Waals surface area contributed by atoms with Gasteiger partial charge in [0.25, 0.3) is 5.91 Å². The zero-order chi connectivity index (χ0) is 13.2. The number of halogens is 2. The average Bonchev–Trinajstić information content (AvgIpc) is 2.41. The average molecular weight is 333 g/mol. The molecule has 0 aliphatic heterocycles. The minimum atomic E-state index is -0.106. The molecule has 3 rings (SSSR count). The zero-order valence-electron chi connectivity index (χ0n) is 11.8. The van der Waals surface area contributed by atoms with Gasteiger partial charge in [0.2, 0.25) is 0 Å². The Bertz CT molecular complexity index is 446. The van der Waals surface area contributed by atoms with Crippen LogP contribution in [0.25, 0.3) is 0 Å². The molecule has 2 bridgehead atoms. The van der Waals surface area contributed by atoms with Crippen LogP contribution in [0.4, 0.5) is 0 Å². The van der Waals surface area contributed by atoms with Crippen LogP contribution in [0, 0.1) is 11.8 Å². The van der Waals surface area contributed by atoms with Gasteiger partial charge in [-0.05, 0) is 37.5 Å². The highest BCUT2D eigenvalue weighted by atomic mass is 35.5. The molecule has 2 saturated carbocycles. The number of carbonyl (C=O) groups is 1. The van der Waals surface area contributed by atoms with Crippen LogP contribution in [0.2, 0.25) is 0 Å². The SMILES string of the molecule is Cl.Cl.NC1CC2CCCC(C1)C2NC(=O)c1cnccn1. The Morgan fingerprint density at radius 2 is 1.86 bits per heavy atom. The van der Waals surface area contributed by atoms with E-state index in [4.69, 9.17) is 5.73 Å². The summed E-state index contributed by atoms with van der Waals surface area (Å²) in [6.07, 6.45) is 10.3. The highest BCUT2D eigenvalue weighted by Crippen LogP contribution is 2.39. The summed E-state index contributed by atoms with van der Waals surface area (Å²) in [5.41, 5.74) is 6.49. The standard InChI is InChI=1S/C14H20N4O.2ClH/c15-11-6-9-2-1-3-10(7-11)13(9)18-14(19)12-8-16-4-5-17-12;;/h4-5,8-11,13H,1-3,6-7,15H2,(H,18,19);2*1H. The maximum atomic E-state index is 12.2. The van der Waals surface area contributed by atoms with Gasteiger partial charge in [-0.15, -0.1) is 24.8 Å². The summed E-state index contributed by atoms with van der Waals surface area (Å²) >= 11 is 0. The number of nitrogens with one attached hydrogen (secondary N) is 1. The van der Waals surface area contributed by atoms with Crippen molar-refractivity contribution in [3.63, 3.8) is 0 Å². The summed E-state index contributed by atoms with van der Waals surface area (Å²) in [5, 5.41) is 3.16. The number of nitrogens with two attached hydrogens (primary N) is 1. The molecule has 2 atom stereocenters. The van der Waals surface area contributed by atoms with Crippen molar-refractivity contribution in [2.75, 3.05) is 0 Å². The molecule has 3 N–H and O–H groups in total. The summed E-state index contributed by atoms with van der Waals surface area (Å²) in [6, 6.07) is 0.572. The van der Waals surface area contributed by atoms with Gasteiger partial charge in [0.1, 0.15) is 5.69 Å². The number of hydrogen-bond donors (Lipinski definition) is 2. The Kier molecular flexibility index (Phi) is 6.84. The summed E-state index contributed by atoms with van der Waals surface area (Å²) in [5.74, 6) is 0.955. The molecule has 118 valence electrons. The van der Waals surface area contributed by atoms with E-state index in [2.05, 4.69) is 15.3 Å². The molecule has 1 amide bonds. The number of hydrogen-bond acceptors (Lipinski definition) is 4. The third-order valence-corrected chi connectivity index (χ3v) is 4.47. The second-order valence-corrected chi connectivity index (χ2v) is 5.77. The minimum Gasteiger partial charge on any atom is -0.347 e. The molecule has 0 spiro atoms. The Morgan fingerprint density at radius 3 is 2.43 bits per heavy atom. The van der Waals surface area contributed by atoms with Gasteiger partial charge < -0.3 is 11.1 Å². The van der Waals surface area contributed by atoms with Crippen molar-refractivity contribution in [2.45, 2.75) is 44.2 Å². The molecule has 0 aromatic carbocycles. The monoisotopic (exact) mass is 332 g/mol. The van der Waals surface area contributed by atoms with Crippen LogP contribution in [-0.2, 0) is 0 Å². The fourth-order valence-corrected chi connectivity index (χ4v) is 3.67. The summed E-state index contributed by atoms with van der Waals surface area (Å²) in [7, 11) is 0. The molecule has 0 saturated heterocycles. The third-order valence-electron chi connectivity index (χ3n) is 4.47. The molecule has 0 radical (unpaired) electrons. The molecule has 2 aliphatic rings. The summed E-state index contributed by atoms with van der Waals surface area (Å²) < 4.78 is 0. The summed E-state index contributed by atoms with van der Waals surface area (Å²) in [6.45, 7) is 0. The van der Waals surface area contributed by atoms with E-state index >= 15 is 0 Å². The molecule has 7 heteroatoms. The second-order valence-electron chi connectivity index (χ2n) is 5.77. The van der Waals surface area contributed by atoms with Crippen molar-refractivity contribution in [3.05, 3.63) is 24.3 Å². The van der Waals surface area contributed by atoms with Gasteiger partial charge in [0.05, 0.1) is 6.20 Å². The molecule has 5 nitrogen and oxygen atoms in total. The van der Waals surface area contributed by atoms with Crippen molar-refractivity contribution in [2.24, 2.45) is 17.6 Å². The topological polar surface area (TPSA) is 80.9 Å². The van der Waals surface area contributed by atoms with Crippen molar-refractivity contribution >= 4 is 30.7 Å². The van der Waals surface area contributed by atoms with Crippen LogP contribution in [-0.4, -0.2) is 28.0 Å². The number of carbonyl (C=O) groups excluding carboxylic acids is 1. The lowest BCUT2D eigenvalue weighted by atomic mass is 9.67. The molecule has 2 fully saturated rings. The maximum Gasteiger partial charge on any atom is 0.271 e. The van der Waals surface area contributed by atoms with Gasteiger partial charge in [0, 0.05) is 24.5 Å². The first-order valence-corrected chi connectivity index (χ1v) is 7.06. The Labute approximate surface area is 137 Å². The number of fused-ring (bicyclic) bond motifs is 2. The first kappa shape index (κ1) is 18.1. The lowest BCUT2D eigenvalue weighted by Gasteiger charge is -2.45. The third kappa shape index (κ3) is 4.05. The van der Waals surface area contributed by atoms with E-state index in [0.717, 1.165) is 12.8 Å². The largest absolute Gasteiger partial charge is 0.347 e. The minimum absolute atomic E-state index is 0. The van der Waals surface area contributed by atoms with Crippen LogP contribution in [0.15, 0.2) is 18.6 Å². The fraction of sp³-hybridized carbons (Fsp3) is 0.643. The van der Waals surface area contributed by atoms with Crippen molar-refractivity contribution in [3.8, 4) is 0 Å². The highest BCUT2D eigenvalue weighted by molar-refractivity contribution is 5.92. The maximum absolute atomic E-state index is 12.2. The molecule has 1 aromatic heterocycles. The molecule has 2 unspecified atom stereocenters. The molecule has 1 heterocycles. The quantitative estimate of drug-likeness (QED) is 0.867. The fourth-order valence-electron chi connectivity index (χ4n) is 3.67. The number of rotatable bonds is 2.